The molecule has 2 aliphatic rings. The third-order valence-electron chi connectivity index (χ3n) is 5.22. The minimum absolute atomic E-state index is 0.0178. The third-order valence-corrected chi connectivity index (χ3v) is 5.22. The van der Waals surface area contributed by atoms with Crippen molar-refractivity contribution in [1.82, 2.24) is 14.8 Å². The number of aromatic nitrogens is 1. The maximum atomic E-state index is 12.4. The number of carboxylic acid groups (broad SMARTS) is 1. The van der Waals surface area contributed by atoms with Crippen LogP contribution in [-0.2, 0) is 16.1 Å². The summed E-state index contributed by atoms with van der Waals surface area (Å²) in [5.74, 6) is -2.46. The first-order valence-electron chi connectivity index (χ1n) is 9.51. The van der Waals surface area contributed by atoms with Crippen LogP contribution in [-0.4, -0.2) is 63.1 Å². The largest absolute Gasteiger partial charge is 0.490 e. The highest BCUT2D eigenvalue weighted by Crippen LogP contribution is 2.37. The van der Waals surface area contributed by atoms with Crippen molar-refractivity contribution in [2.24, 2.45) is 0 Å². The number of amides is 1. The Bertz CT molecular complexity index is 708. The monoisotopic (exact) mass is 413 g/mol. The SMILES string of the molecule is C=CCN1C(=O)CCCC12CCCN(Cc1cccnc1)C2.O=C(O)C(F)(F)F. The normalized spacial score (nSPS) is 22.7. The standard InChI is InChI=1S/C18H25N3O.C2HF3O2/c1-2-11-21-17(22)7-3-8-18(21)9-5-12-20(15-18)14-16-6-4-10-19-13-16;3-2(4,5)1(6)7/h2,4,6,10,13H,1,3,5,7-9,11-12,14-15H2;(H,6,7). The zero-order valence-corrected chi connectivity index (χ0v) is 16.2. The van der Waals surface area contributed by atoms with Crippen LogP contribution < -0.4 is 0 Å². The van der Waals surface area contributed by atoms with E-state index in [4.69, 9.17) is 9.90 Å². The fourth-order valence-corrected chi connectivity index (χ4v) is 4.04. The molecule has 1 aromatic heterocycles. The number of nitrogens with zero attached hydrogens (tertiary/aromatic N) is 3. The second-order valence-electron chi connectivity index (χ2n) is 7.35. The number of halogens is 3. The predicted molar refractivity (Wildman–Crippen MR) is 101 cm³/mol. The van der Waals surface area contributed by atoms with Crippen molar-refractivity contribution in [2.45, 2.75) is 50.4 Å². The van der Waals surface area contributed by atoms with E-state index in [0.717, 1.165) is 45.3 Å². The molecule has 1 atom stereocenters. The highest BCUT2D eigenvalue weighted by molar-refractivity contribution is 5.78. The van der Waals surface area contributed by atoms with Gasteiger partial charge in [-0.15, -0.1) is 6.58 Å². The first-order valence-corrected chi connectivity index (χ1v) is 9.51. The molecule has 1 amide bonds. The van der Waals surface area contributed by atoms with Crippen LogP contribution in [0.3, 0.4) is 0 Å². The van der Waals surface area contributed by atoms with E-state index in [-0.39, 0.29) is 5.54 Å². The van der Waals surface area contributed by atoms with Crippen LogP contribution in [0, 0.1) is 0 Å². The maximum Gasteiger partial charge on any atom is 0.490 e. The molecule has 0 aliphatic carbocycles. The molecule has 3 rings (SSSR count). The van der Waals surface area contributed by atoms with E-state index in [1.165, 1.54) is 5.56 Å². The lowest BCUT2D eigenvalue weighted by Crippen LogP contribution is -2.62. The van der Waals surface area contributed by atoms with Crippen LogP contribution in [0.2, 0.25) is 0 Å². The zero-order valence-electron chi connectivity index (χ0n) is 16.2. The van der Waals surface area contributed by atoms with Crippen LogP contribution in [0.4, 0.5) is 13.2 Å². The molecule has 2 fully saturated rings. The van der Waals surface area contributed by atoms with E-state index in [1.807, 2.05) is 24.5 Å². The molecule has 1 unspecified atom stereocenters. The van der Waals surface area contributed by atoms with Gasteiger partial charge in [-0.1, -0.05) is 12.1 Å². The molecular weight excluding hydrogens is 387 g/mol. The molecule has 0 saturated carbocycles. The van der Waals surface area contributed by atoms with Gasteiger partial charge in [-0.2, -0.15) is 13.2 Å². The maximum absolute atomic E-state index is 12.4. The van der Waals surface area contributed by atoms with Gasteiger partial charge < -0.3 is 10.0 Å². The highest BCUT2D eigenvalue weighted by atomic mass is 19.4. The Hall–Kier alpha value is -2.42. The lowest BCUT2D eigenvalue weighted by Gasteiger charge is -2.52. The number of carbonyl (C=O) groups excluding carboxylic acids is 1. The molecule has 0 aromatic carbocycles. The lowest BCUT2D eigenvalue weighted by atomic mass is 9.79. The fraction of sp³-hybridized carbons (Fsp3) is 0.550. The van der Waals surface area contributed by atoms with Crippen LogP contribution in [0.5, 0.6) is 0 Å². The topological polar surface area (TPSA) is 73.7 Å². The molecule has 2 saturated heterocycles. The van der Waals surface area contributed by atoms with E-state index in [1.54, 1.807) is 0 Å². The first kappa shape index (κ1) is 22.9. The highest BCUT2D eigenvalue weighted by Gasteiger charge is 2.44. The Balaban J connectivity index is 0.000000370. The van der Waals surface area contributed by atoms with Gasteiger partial charge in [0.1, 0.15) is 0 Å². The molecule has 6 nitrogen and oxygen atoms in total. The van der Waals surface area contributed by atoms with Crippen LogP contribution in [0.25, 0.3) is 0 Å². The Kier molecular flexibility index (Phi) is 7.78. The number of rotatable bonds is 4. The van der Waals surface area contributed by atoms with Crippen molar-refractivity contribution in [3.05, 3.63) is 42.7 Å². The second kappa shape index (κ2) is 9.87. The molecule has 0 radical (unpaired) electrons. The van der Waals surface area contributed by atoms with E-state index in [9.17, 15) is 18.0 Å². The lowest BCUT2D eigenvalue weighted by molar-refractivity contribution is -0.192. The van der Waals surface area contributed by atoms with Gasteiger partial charge >= 0.3 is 12.1 Å². The van der Waals surface area contributed by atoms with Gasteiger partial charge in [0.25, 0.3) is 0 Å². The second-order valence-corrected chi connectivity index (χ2v) is 7.35. The van der Waals surface area contributed by atoms with Gasteiger partial charge in [0, 0.05) is 38.4 Å². The van der Waals surface area contributed by atoms with E-state index < -0.39 is 12.1 Å². The smallest absolute Gasteiger partial charge is 0.475 e. The number of aliphatic carboxylic acids is 1. The summed E-state index contributed by atoms with van der Waals surface area (Å²) in [7, 11) is 0. The van der Waals surface area contributed by atoms with Gasteiger partial charge in [0.2, 0.25) is 5.91 Å². The summed E-state index contributed by atoms with van der Waals surface area (Å²) in [6, 6.07) is 4.12. The number of carboxylic acids is 1. The first-order chi connectivity index (χ1) is 13.7. The Labute approximate surface area is 168 Å². The molecule has 2 aliphatic heterocycles. The molecule has 1 spiro atoms. The minimum atomic E-state index is -5.08. The summed E-state index contributed by atoms with van der Waals surface area (Å²) in [5, 5.41) is 7.12. The van der Waals surface area contributed by atoms with Crippen molar-refractivity contribution in [2.75, 3.05) is 19.6 Å². The fourth-order valence-electron chi connectivity index (χ4n) is 4.04. The van der Waals surface area contributed by atoms with E-state index in [2.05, 4.69) is 27.4 Å². The predicted octanol–water partition coefficient (Wildman–Crippen LogP) is 3.25. The number of piperidine rings is 2. The van der Waals surface area contributed by atoms with Crippen LogP contribution >= 0.6 is 0 Å². The van der Waals surface area contributed by atoms with E-state index in [0.29, 0.717) is 18.9 Å². The van der Waals surface area contributed by atoms with Crippen molar-refractivity contribution >= 4 is 11.9 Å². The molecule has 9 heteroatoms. The zero-order chi connectivity index (χ0) is 21.5. The Morgan fingerprint density at radius 1 is 1.34 bits per heavy atom. The number of hydrogen-bond acceptors (Lipinski definition) is 4. The summed E-state index contributed by atoms with van der Waals surface area (Å²) in [5.41, 5.74) is 1.27. The average molecular weight is 413 g/mol. The number of alkyl halides is 3. The minimum Gasteiger partial charge on any atom is -0.475 e. The summed E-state index contributed by atoms with van der Waals surface area (Å²) in [6.45, 7) is 7.52. The Morgan fingerprint density at radius 3 is 2.62 bits per heavy atom. The summed E-state index contributed by atoms with van der Waals surface area (Å²) in [4.78, 5) is 30.1. The number of hydrogen-bond donors (Lipinski definition) is 1. The van der Waals surface area contributed by atoms with Crippen molar-refractivity contribution in [1.29, 1.82) is 0 Å². The molecule has 3 heterocycles. The van der Waals surface area contributed by atoms with Crippen LogP contribution in [0.15, 0.2) is 37.2 Å². The van der Waals surface area contributed by atoms with Gasteiger partial charge in [-0.05, 0) is 43.9 Å². The van der Waals surface area contributed by atoms with Gasteiger partial charge in [0.05, 0.1) is 5.54 Å². The van der Waals surface area contributed by atoms with Crippen molar-refractivity contribution in [3.8, 4) is 0 Å². The number of likely N-dealkylation sites (tertiary alicyclic amines) is 2. The summed E-state index contributed by atoms with van der Waals surface area (Å²) >= 11 is 0. The molecule has 29 heavy (non-hydrogen) atoms. The molecule has 0 bridgehead atoms. The molecular formula is C20H26F3N3O3. The summed E-state index contributed by atoms with van der Waals surface area (Å²) in [6.07, 6.45) is 5.64. The molecule has 160 valence electrons. The van der Waals surface area contributed by atoms with Gasteiger partial charge in [0.15, 0.2) is 0 Å². The third kappa shape index (κ3) is 6.28. The molecule has 1 N–H and O–H groups in total. The van der Waals surface area contributed by atoms with Crippen molar-refractivity contribution in [3.63, 3.8) is 0 Å². The average Bonchev–Trinajstić information content (AvgIpc) is 2.66. The number of carbonyl (C=O) groups is 2. The van der Waals surface area contributed by atoms with Crippen molar-refractivity contribution < 1.29 is 27.9 Å². The van der Waals surface area contributed by atoms with Crippen LogP contribution in [0.1, 0.15) is 37.7 Å². The number of pyridine rings is 1. The van der Waals surface area contributed by atoms with E-state index >= 15 is 0 Å². The van der Waals surface area contributed by atoms with Gasteiger partial charge in [-0.3, -0.25) is 14.7 Å². The van der Waals surface area contributed by atoms with Gasteiger partial charge in [-0.25, -0.2) is 4.79 Å². The quantitative estimate of drug-likeness (QED) is 0.767. The Morgan fingerprint density at radius 2 is 2.03 bits per heavy atom. The molecule has 1 aromatic rings. The summed E-state index contributed by atoms with van der Waals surface area (Å²) < 4.78 is 31.7.